The van der Waals surface area contributed by atoms with Crippen molar-refractivity contribution in [1.82, 2.24) is 0 Å². The van der Waals surface area contributed by atoms with Gasteiger partial charge in [0, 0.05) is 0 Å². The number of phenolic OH excluding ortho intramolecular Hbond substituents is 2. The number of phenols is 2. The highest BCUT2D eigenvalue weighted by molar-refractivity contribution is 7.96. The normalized spacial score (nSPS) is 12.1. The van der Waals surface area contributed by atoms with Crippen LogP contribution in [0.2, 0.25) is 0 Å². The molecule has 0 aliphatic carbocycles. The molecule has 0 atom stereocenters. The molecule has 0 fully saturated rings. The molecule has 0 aromatic heterocycles. The second kappa shape index (κ2) is 6.54. The summed E-state index contributed by atoms with van der Waals surface area (Å²) in [6, 6.07) is 25.8. The van der Waals surface area contributed by atoms with Gasteiger partial charge in [-0.3, -0.25) is 0 Å². The minimum atomic E-state index is -2.00. The highest BCUT2D eigenvalue weighted by atomic mass is 31.2. The van der Waals surface area contributed by atoms with Crippen molar-refractivity contribution in [3.05, 3.63) is 78.9 Å². The third-order valence-electron chi connectivity index (χ3n) is 4.62. The van der Waals surface area contributed by atoms with Crippen LogP contribution >= 0.6 is 7.26 Å². The average Bonchev–Trinajstić information content (AvgIpc) is 2.58. The molecule has 2 N–H and O–H groups in total. The minimum Gasteiger partial charge on any atom is -0.508 e. The topological polar surface area (TPSA) is 40.5 Å². The molecule has 128 valence electrons. The van der Waals surface area contributed by atoms with Crippen LogP contribution < -0.4 is 15.9 Å². The van der Waals surface area contributed by atoms with Crippen LogP contribution in [-0.4, -0.2) is 15.4 Å². The molecule has 0 saturated carbocycles. The lowest BCUT2D eigenvalue weighted by Gasteiger charge is -2.38. The Kier molecular flexibility index (Phi) is 4.58. The largest absolute Gasteiger partial charge is 0.508 e. The summed E-state index contributed by atoms with van der Waals surface area (Å²) in [4.78, 5) is 0. The standard InChI is InChI=1S/C22H23O2P/c1-22(2,3)25(19-7-5-4-6-8-19,20-13-9-17(23)10-14-20)21-15-11-18(24)12-16-21/h4-16H,1-3H3,(H-,23,24)/p+1. The quantitative estimate of drug-likeness (QED) is 0.695. The summed E-state index contributed by atoms with van der Waals surface area (Å²) in [5, 5.41) is 23.2. The Labute approximate surface area is 150 Å². The Balaban J connectivity index is 2.40. The van der Waals surface area contributed by atoms with Crippen LogP contribution in [0.5, 0.6) is 11.5 Å². The Morgan fingerprint density at radius 2 is 0.920 bits per heavy atom. The maximum atomic E-state index is 9.78. The fourth-order valence-corrected chi connectivity index (χ4v) is 8.64. The number of hydrogen-bond acceptors (Lipinski definition) is 2. The molecule has 0 unspecified atom stereocenters. The third-order valence-corrected chi connectivity index (χ3v) is 9.85. The van der Waals surface area contributed by atoms with Crippen LogP contribution in [0.25, 0.3) is 0 Å². The van der Waals surface area contributed by atoms with Crippen molar-refractivity contribution in [3.63, 3.8) is 0 Å². The molecule has 2 nitrogen and oxygen atoms in total. The van der Waals surface area contributed by atoms with Gasteiger partial charge in [-0.2, -0.15) is 0 Å². The van der Waals surface area contributed by atoms with Gasteiger partial charge in [0.15, 0.2) is 0 Å². The molecule has 3 aromatic carbocycles. The van der Waals surface area contributed by atoms with Gasteiger partial charge in [-0.15, -0.1) is 0 Å². The molecule has 3 heteroatoms. The maximum Gasteiger partial charge on any atom is 0.117 e. The van der Waals surface area contributed by atoms with Crippen LogP contribution in [0.15, 0.2) is 78.9 Å². The van der Waals surface area contributed by atoms with E-state index in [0.717, 1.165) is 0 Å². The molecule has 0 bridgehead atoms. The van der Waals surface area contributed by atoms with Gasteiger partial charge in [-0.05, 0) is 81.4 Å². The third kappa shape index (κ3) is 3.03. The molecule has 25 heavy (non-hydrogen) atoms. The van der Waals surface area contributed by atoms with Crippen LogP contribution in [0.1, 0.15) is 20.8 Å². The van der Waals surface area contributed by atoms with E-state index in [9.17, 15) is 10.2 Å². The van der Waals surface area contributed by atoms with E-state index in [2.05, 4.69) is 45.0 Å². The lowest BCUT2D eigenvalue weighted by molar-refractivity contribution is 0.475. The number of rotatable bonds is 3. The van der Waals surface area contributed by atoms with E-state index >= 15 is 0 Å². The summed E-state index contributed by atoms with van der Waals surface area (Å²) in [5.41, 5.74) is 0. The first-order valence-electron chi connectivity index (χ1n) is 8.40. The van der Waals surface area contributed by atoms with Gasteiger partial charge in [-0.25, -0.2) is 0 Å². The zero-order valence-electron chi connectivity index (χ0n) is 14.8. The molecule has 3 aromatic rings. The Morgan fingerprint density at radius 3 is 1.28 bits per heavy atom. The van der Waals surface area contributed by atoms with Crippen molar-refractivity contribution < 1.29 is 10.2 Å². The van der Waals surface area contributed by atoms with E-state index in [4.69, 9.17) is 0 Å². The lowest BCUT2D eigenvalue weighted by atomic mass is 10.2. The molecule has 0 heterocycles. The molecule has 3 rings (SSSR count). The van der Waals surface area contributed by atoms with Crippen molar-refractivity contribution >= 4 is 23.2 Å². The van der Waals surface area contributed by atoms with Gasteiger partial charge < -0.3 is 10.2 Å². The molecule has 0 amide bonds. The number of aromatic hydroxyl groups is 2. The first-order chi connectivity index (χ1) is 11.9. The predicted octanol–water partition coefficient (Wildman–Crippen LogP) is 4.19. The van der Waals surface area contributed by atoms with Crippen LogP contribution in [0.4, 0.5) is 0 Å². The van der Waals surface area contributed by atoms with Gasteiger partial charge >= 0.3 is 0 Å². The predicted molar refractivity (Wildman–Crippen MR) is 108 cm³/mol. The number of benzene rings is 3. The monoisotopic (exact) mass is 351 g/mol. The Morgan fingerprint density at radius 1 is 0.560 bits per heavy atom. The van der Waals surface area contributed by atoms with Crippen molar-refractivity contribution in [2.75, 3.05) is 0 Å². The van der Waals surface area contributed by atoms with Crippen molar-refractivity contribution in [2.24, 2.45) is 0 Å². The number of hydrogen-bond donors (Lipinski definition) is 2. The molecular weight excluding hydrogens is 327 g/mol. The van der Waals surface area contributed by atoms with E-state index < -0.39 is 7.26 Å². The molecule has 0 aliphatic heterocycles. The summed E-state index contributed by atoms with van der Waals surface area (Å²) in [6.45, 7) is 6.81. The summed E-state index contributed by atoms with van der Waals surface area (Å²) in [5.74, 6) is 0.545. The highest BCUT2D eigenvalue weighted by Crippen LogP contribution is 2.65. The van der Waals surface area contributed by atoms with Crippen LogP contribution in [0, 0.1) is 0 Å². The molecule has 0 spiro atoms. The van der Waals surface area contributed by atoms with Gasteiger partial charge in [0.2, 0.25) is 0 Å². The highest BCUT2D eigenvalue weighted by Gasteiger charge is 2.55. The fourth-order valence-electron chi connectivity index (χ4n) is 3.61. The average molecular weight is 351 g/mol. The molecule has 0 radical (unpaired) electrons. The van der Waals surface area contributed by atoms with E-state index in [1.54, 1.807) is 24.3 Å². The first kappa shape index (κ1) is 17.5. The maximum absolute atomic E-state index is 9.78. The molecule has 0 aliphatic rings. The van der Waals surface area contributed by atoms with Crippen LogP contribution in [0.3, 0.4) is 0 Å². The zero-order chi connectivity index (χ0) is 18.1. The van der Waals surface area contributed by atoms with Crippen molar-refractivity contribution in [1.29, 1.82) is 0 Å². The smallest absolute Gasteiger partial charge is 0.117 e. The summed E-state index contributed by atoms with van der Waals surface area (Å²) in [7, 11) is -2.00. The summed E-state index contributed by atoms with van der Waals surface area (Å²) in [6.07, 6.45) is 0. The van der Waals surface area contributed by atoms with Gasteiger partial charge in [-0.1, -0.05) is 18.2 Å². The van der Waals surface area contributed by atoms with E-state index in [-0.39, 0.29) is 16.7 Å². The molecular formula is C22H24O2P+. The summed E-state index contributed by atoms with van der Waals surface area (Å²) < 4.78 is 0. The van der Waals surface area contributed by atoms with Crippen molar-refractivity contribution in [3.8, 4) is 11.5 Å². The van der Waals surface area contributed by atoms with E-state index in [0.29, 0.717) is 0 Å². The minimum absolute atomic E-state index is 0.0394. The zero-order valence-corrected chi connectivity index (χ0v) is 15.7. The molecule has 0 saturated heterocycles. The van der Waals surface area contributed by atoms with Gasteiger partial charge in [0.25, 0.3) is 0 Å². The van der Waals surface area contributed by atoms with Crippen molar-refractivity contribution in [2.45, 2.75) is 25.9 Å². The van der Waals surface area contributed by atoms with E-state index in [1.165, 1.54) is 15.9 Å². The fraction of sp³-hybridized carbons (Fsp3) is 0.182. The summed E-state index contributed by atoms with van der Waals surface area (Å²) >= 11 is 0. The second-order valence-electron chi connectivity index (χ2n) is 7.21. The van der Waals surface area contributed by atoms with Gasteiger partial charge in [0.05, 0.1) is 5.16 Å². The second-order valence-corrected chi connectivity index (χ2v) is 11.4. The first-order valence-corrected chi connectivity index (χ1v) is 10.2. The van der Waals surface area contributed by atoms with Crippen LogP contribution in [-0.2, 0) is 0 Å². The van der Waals surface area contributed by atoms with E-state index in [1.807, 2.05) is 30.3 Å². The SMILES string of the molecule is CC(C)(C)[P+](c1ccccc1)(c1ccc(O)cc1)c1ccc(O)cc1. The van der Waals surface area contributed by atoms with Gasteiger partial charge in [0.1, 0.15) is 34.7 Å². The Bertz CT molecular complexity index is 786. The Hall–Kier alpha value is -2.31. The lowest BCUT2D eigenvalue weighted by Crippen LogP contribution is -2.42.